The minimum atomic E-state index is -0.252. The van der Waals surface area contributed by atoms with E-state index in [1.165, 1.54) is 0 Å². The number of nitrogens with one attached hydrogen (secondary N) is 1. The highest BCUT2D eigenvalue weighted by Crippen LogP contribution is 2.27. The fraction of sp³-hybridized carbons (Fsp3) is 0.417. The maximum atomic E-state index is 12.0. The van der Waals surface area contributed by atoms with Crippen LogP contribution in [-0.2, 0) is 0 Å². The molecule has 0 aromatic heterocycles. The third-order valence-electron chi connectivity index (χ3n) is 2.94. The number of hydrogen-bond acceptors (Lipinski definition) is 1. The highest BCUT2D eigenvalue weighted by Gasteiger charge is 2.28. The molecule has 2 nitrogen and oxygen atoms in total. The zero-order chi connectivity index (χ0) is 12.4. The number of benzene rings is 1. The third-order valence-corrected chi connectivity index (χ3v) is 4.09. The average molecular weight is 293 g/mol. The Balaban J connectivity index is 2.14. The summed E-state index contributed by atoms with van der Waals surface area (Å²) in [5, 5.41) is 3.61. The summed E-state index contributed by atoms with van der Waals surface area (Å²) in [5.41, 5.74) is 0.326. The van der Waals surface area contributed by atoms with Crippen molar-refractivity contribution in [3.8, 4) is 0 Å². The summed E-state index contributed by atoms with van der Waals surface area (Å²) < 4.78 is 0. The van der Waals surface area contributed by atoms with Gasteiger partial charge in [0.25, 0.3) is 5.91 Å². The molecular formula is C12H12Cl3NO. The highest BCUT2D eigenvalue weighted by molar-refractivity contribution is 6.39. The maximum absolute atomic E-state index is 12.0. The molecule has 0 heterocycles. The first-order chi connectivity index (χ1) is 8.09. The maximum Gasteiger partial charge on any atom is 0.254 e. The molecule has 2 atom stereocenters. The number of rotatable bonds is 2. The van der Waals surface area contributed by atoms with E-state index in [4.69, 9.17) is 34.8 Å². The smallest absolute Gasteiger partial charge is 0.254 e. The minimum absolute atomic E-state index is 0.000197. The molecule has 2 unspecified atom stereocenters. The first kappa shape index (κ1) is 13.0. The van der Waals surface area contributed by atoms with Gasteiger partial charge in [0.1, 0.15) is 0 Å². The van der Waals surface area contributed by atoms with Gasteiger partial charge in [-0.15, -0.1) is 11.6 Å². The van der Waals surface area contributed by atoms with Gasteiger partial charge in [-0.2, -0.15) is 0 Å². The van der Waals surface area contributed by atoms with Gasteiger partial charge in [-0.05, 0) is 31.4 Å². The zero-order valence-electron chi connectivity index (χ0n) is 9.05. The number of hydrogen-bond donors (Lipinski definition) is 1. The lowest BCUT2D eigenvalue weighted by Gasteiger charge is -2.16. The number of alkyl halides is 1. The van der Waals surface area contributed by atoms with Gasteiger partial charge in [0, 0.05) is 6.04 Å². The van der Waals surface area contributed by atoms with Crippen molar-refractivity contribution in [3.63, 3.8) is 0 Å². The van der Waals surface area contributed by atoms with Crippen LogP contribution in [0.3, 0.4) is 0 Å². The average Bonchev–Trinajstić information content (AvgIpc) is 2.64. The summed E-state index contributed by atoms with van der Waals surface area (Å²) >= 11 is 18.0. The number of amides is 1. The van der Waals surface area contributed by atoms with Crippen molar-refractivity contribution < 1.29 is 4.79 Å². The largest absolute Gasteiger partial charge is 0.348 e. The van der Waals surface area contributed by atoms with E-state index in [1.54, 1.807) is 18.2 Å². The van der Waals surface area contributed by atoms with Gasteiger partial charge in [-0.1, -0.05) is 29.3 Å². The second-order valence-electron chi connectivity index (χ2n) is 4.12. The predicted molar refractivity (Wildman–Crippen MR) is 71.2 cm³/mol. The SMILES string of the molecule is O=C(NC1CCCC1Cl)c1c(Cl)cccc1Cl. The second kappa shape index (κ2) is 5.47. The molecule has 5 heteroatoms. The lowest BCUT2D eigenvalue weighted by atomic mass is 10.1. The molecule has 1 N–H and O–H groups in total. The Morgan fingerprint density at radius 2 is 1.88 bits per heavy atom. The van der Waals surface area contributed by atoms with E-state index in [2.05, 4.69) is 5.32 Å². The van der Waals surface area contributed by atoms with Crippen LogP contribution in [0.15, 0.2) is 18.2 Å². The van der Waals surface area contributed by atoms with Gasteiger partial charge in [-0.25, -0.2) is 0 Å². The summed E-state index contributed by atoms with van der Waals surface area (Å²) in [6.07, 6.45) is 2.88. The highest BCUT2D eigenvalue weighted by atomic mass is 35.5. The molecule has 1 saturated carbocycles. The van der Waals surface area contributed by atoms with Crippen molar-refractivity contribution >= 4 is 40.7 Å². The Bertz CT molecular complexity index is 416. The summed E-state index contributed by atoms with van der Waals surface area (Å²) in [6, 6.07) is 5.02. The van der Waals surface area contributed by atoms with Crippen molar-refractivity contribution in [2.24, 2.45) is 0 Å². The Labute approximate surface area is 115 Å². The lowest BCUT2D eigenvalue weighted by Crippen LogP contribution is -2.38. The molecule has 1 aromatic carbocycles. The van der Waals surface area contributed by atoms with Crippen LogP contribution in [0.4, 0.5) is 0 Å². The van der Waals surface area contributed by atoms with Crippen LogP contribution in [0, 0.1) is 0 Å². The molecular weight excluding hydrogens is 280 g/mol. The van der Waals surface area contributed by atoms with E-state index in [0.29, 0.717) is 15.6 Å². The molecule has 0 radical (unpaired) electrons. The number of carbonyl (C=O) groups is 1. The second-order valence-corrected chi connectivity index (χ2v) is 5.50. The number of halogens is 3. The molecule has 17 heavy (non-hydrogen) atoms. The van der Waals surface area contributed by atoms with Crippen molar-refractivity contribution in [2.75, 3.05) is 0 Å². The molecule has 1 aliphatic carbocycles. The van der Waals surface area contributed by atoms with Crippen molar-refractivity contribution in [3.05, 3.63) is 33.8 Å². The van der Waals surface area contributed by atoms with Crippen LogP contribution in [0.1, 0.15) is 29.6 Å². The standard InChI is InChI=1S/C12H12Cl3NO/c13-7-3-2-6-10(7)16-12(17)11-8(14)4-1-5-9(11)15/h1,4-5,7,10H,2-3,6H2,(H,16,17). The van der Waals surface area contributed by atoms with Gasteiger partial charge in [0.15, 0.2) is 0 Å². The summed E-state index contributed by atoms with van der Waals surface area (Å²) in [4.78, 5) is 12.0. The van der Waals surface area contributed by atoms with Crippen LogP contribution in [0.2, 0.25) is 10.0 Å². The molecule has 92 valence electrons. The van der Waals surface area contributed by atoms with E-state index >= 15 is 0 Å². The van der Waals surface area contributed by atoms with E-state index in [0.717, 1.165) is 19.3 Å². The summed E-state index contributed by atoms with van der Waals surface area (Å²) in [6.45, 7) is 0. The Morgan fingerprint density at radius 3 is 2.41 bits per heavy atom. The molecule has 1 aliphatic rings. The molecule has 2 rings (SSSR count). The first-order valence-corrected chi connectivity index (χ1v) is 6.68. The number of carbonyl (C=O) groups excluding carboxylic acids is 1. The molecule has 0 saturated heterocycles. The topological polar surface area (TPSA) is 29.1 Å². The van der Waals surface area contributed by atoms with E-state index in [9.17, 15) is 4.79 Å². The van der Waals surface area contributed by atoms with Gasteiger partial charge < -0.3 is 5.32 Å². The van der Waals surface area contributed by atoms with E-state index < -0.39 is 0 Å². The Morgan fingerprint density at radius 1 is 1.24 bits per heavy atom. The van der Waals surface area contributed by atoms with Gasteiger partial charge in [-0.3, -0.25) is 4.79 Å². The van der Waals surface area contributed by atoms with Crippen LogP contribution in [0.5, 0.6) is 0 Å². The van der Waals surface area contributed by atoms with Crippen LogP contribution in [-0.4, -0.2) is 17.3 Å². The van der Waals surface area contributed by atoms with E-state index in [1.807, 2.05) is 0 Å². The molecule has 0 aliphatic heterocycles. The molecule has 0 spiro atoms. The quantitative estimate of drug-likeness (QED) is 0.823. The normalized spacial score (nSPS) is 23.7. The molecule has 1 fully saturated rings. The summed E-state index contributed by atoms with van der Waals surface area (Å²) in [5.74, 6) is -0.252. The van der Waals surface area contributed by atoms with Gasteiger partial charge in [0.05, 0.1) is 21.0 Å². The fourth-order valence-electron chi connectivity index (χ4n) is 2.03. The molecule has 1 amide bonds. The van der Waals surface area contributed by atoms with Gasteiger partial charge >= 0.3 is 0 Å². The van der Waals surface area contributed by atoms with Crippen molar-refractivity contribution in [1.82, 2.24) is 5.32 Å². The fourth-order valence-corrected chi connectivity index (χ4v) is 2.95. The molecule has 0 bridgehead atoms. The van der Waals surface area contributed by atoms with Crippen molar-refractivity contribution in [2.45, 2.75) is 30.7 Å². The zero-order valence-corrected chi connectivity index (χ0v) is 11.3. The van der Waals surface area contributed by atoms with Crippen LogP contribution in [0.25, 0.3) is 0 Å². The third kappa shape index (κ3) is 2.87. The van der Waals surface area contributed by atoms with Crippen molar-refractivity contribution in [1.29, 1.82) is 0 Å². The van der Waals surface area contributed by atoms with E-state index in [-0.39, 0.29) is 17.3 Å². The van der Waals surface area contributed by atoms with Crippen LogP contribution < -0.4 is 5.32 Å². The predicted octanol–water partition coefficient (Wildman–Crippen LogP) is 3.88. The lowest BCUT2D eigenvalue weighted by molar-refractivity contribution is 0.0938. The Hall–Kier alpha value is -0.440. The minimum Gasteiger partial charge on any atom is -0.348 e. The van der Waals surface area contributed by atoms with Crippen LogP contribution >= 0.6 is 34.8 Å². The molecule has 1 aromatic rings. The first-order valence-electron chi connectivity index (χ1n) is 5.48. The van der Waals surface area contributed by atoms with Gasteiger partial charge in [0.2, 0.25) is 0 Å². The Kier molecular flexibility index (Phi) is 4.18. The monoisotopic (exact) mass is 291 g/mol. The summed E-state index contributed by atoms with van der Waals surface area (Å²) in [7, 11) is 0.